The molecule has 0 saturated heterocycles. The standard InChI is InChI=1S/C28H28N4O2/c1-20-9-11-23(12-10-20)17-30-18-31(28-29-22(3)21(2)27(33)32(28)19-30)24-13-15-26(16-14-24)34-25-7-5-4-6-8-25/h4-16H,17-19H2,1-3H3. The molecule has 6 heteroatoms. The fraction of sp³-hybridized carbons (Fsp3) is 0.214. The van der Waals surface area contributed by atoms with Crippen LogP contribution in [0.3, 0.4) is 0 Å². The fourth-order valence-corrected chi connectivity index (χ4v) is 4.15. The van der Waals surface area contributed by atoms with Crippen molar-refractivity contribution in [2.75, 3.05) is 11.6 Å². The van der Waals surface area contributed by atoms with Crippen LogP contribution >= 0.6 is 0 Å². The van der Waals surface area contributed by atoms with Crippen molar-refractivity contribution in [2.45, 2.75) is 34.0 Å². The molecule has 0 atom stereocenters. The van der Waals surface area contributed by atoms with E-state index < -0.39 is 0 Å². The van der Waals surface area contributed by atoms with Gasteiger partial charge in [-0.05, 0) is 62.7 Å². The van der Waals surface area contributed by atoms with Crippen molar-refractivity contribution in [1.82, 2.24) is 14.5 Å². The molecule has 0 N–H and O–H groups in total. The summed E-state index contributed by atoms with van der Waals surface area (Å²) in [5.74, 6) is 2.22. The van der Waals surface area contributed by atoms with Gasteiger partial charge in [0.15, 0.2) is 0 Å². The van der Waals surface area contributed by atoms with E-state index in [1.165, 1.54) is 11.1 Å². The van der Waals surface area contributed by atoms with E-state index in [2.05, 4.69) is 41.0 Å². The molecular formula is C28H28N4O2. The third-order valence-corrected chi connectivity index (χ3v) is 6.20. The molecule has 5 rings (SSSR count). The maximum atomic E-state index is 13.2. The number of para-hydroxylation sites is 1. The van der Waals surface area contributed by atoms with Gasteiger partial charge in [0, 0.05) is 23.5 Å². The summed E-state index contributed by atoms with van der Waals surface area (Å²) in [5, 5.41) is 0. The quantitative estimate of drug-likeness (QED) is 0.399. The Hall–Kier alpha value is -3.90. The van der Waals surface area contributed by atoms with Crippen LogP contribution in [0.25, 0.3) is 0 Å². The van der Waals surface area contributed by atoms with Crippen LogP contribution in [0.15, 0.2) is 83.7 Å². The minimum atomic E-state index is 0.00476. The van der Waals surface area contributed by atoms with Gasteiger partial charge in [0.1, 0.15) is 11.5 Å². The molecule has 0 fully saturated rings. The Balaban J connectivity index is 1.47. The summed E-state index contributed by atoms with van der Waals surface area (Å²) in [6.07, 6.45) is 0. The third kappa shape index (κ3) is 4.45. The zero-order valence-electron chi connectivity index (χ0n) is 19.7. The zero-order chi connectivity index (χ0) is 23.7. The lowest BCUT2D eigenvalue weighted by atomic mass is 10.1. The van der Waals surface area contributed by atoms with Crippen LogP contribution in [0.1, 0.15) is 22.4 Å². The van der Waals surface area contributed by atoms with E-state index in [4.69, 9.17) is 9.72 Å². The van der Waals surface area contributed by atoms with Crippen LogP contribution in [0.4, 0.5) is 11.6 Å². The van der Waals surface area contributed by atoms with Crippen LogP contribution < -0.4 is 15.2 Å². The maximum Gasteiger partial charge on any atom is 0.259 e. The molecule has 4 aromatic rings. The van der Waals surface area contributed by atoms with Gasteiger partial charge in [-0.1, -0.05) is 48.0 Å². The van der Waals surface area contributed by atoms with E-state index in [0.717, 1.165) is 29.4 Å². The highest BCUT2D eigenvalue weighted by Gasteiger charge is 2.27. The highest BCUT2D eigenvalue weighted by Crippen LogP contribution is 2.31. The van der Waals surface area contributed by atoms with Crippen molar-refractivity contribution >= 4 is 11.6 Å². The molecule has 1 aliphatic rings. The monoisotopic (exact) mass is 452 g/mol. The molecule has 0 bridgehead atoms. The second kappa shape index (κ2) is 9.15. The third-order valence-electron chi connectivity index (χ3n) is 6.20. The first kappa shape index (κ1) is 21.9. The molecule has 172 valence electrons. The molecule has 3 aromatic carbocycles. The van der Waals surface area contributed by atoms with Crippen LogP contribution in [0.5, 0.6) is 11.5 Å². The molecule has 0 spiro atoms. The summed E-state index contributed by atoms with van der Waals surface area (Å²) in [6.45, 7) is 7.70. The predicted molar refractivity (Wildman–Crippen MR) is 135 cm³/mol. The van der Waals surface area contributed by atoms with Gasteiger partial charge in [0.05, 0.1) is 13.3 Å². The van der Waals surface area contributed by atoms with Crippen molar-refractivity contribution in [3.63, 3.8) is 0 Å². The Bertz CT molecular complexity index is 1350. The molecule has 0 unspecified atom stereocenters. The average molecular weight is 453 g/mol. The van der Waals surface area contributed by atoms with Crippen LogP contribution in [0.2, 0.25) is 0 Å². The largest absolute Gasteiger partial charge is 0.457 e. The lowest BCUT2D eigenvalue weighted by Crippen LogP contribution is -2.47. The number of nitrogens with zero attached hydrogens (tertiary/aromatic N) is 4. The Morgan fingerprint density at radius 1 is 0.824 bits per heavy atom. The summed E-state index contributed by atoms with van der Waals surface area (Å²) in [5.41, 5.74) is 4.86. The Labute approximate surface area is 199 Å². The smallest absolute Gasteiger partial charge is 0.259 e. The number of hydrogen-bond donors (Lipinski definition) is 0. The summed E-state index contributed by atoms with van der Waals surface area (Å²) in [6, 6.07) is 26.2. The molecule has 0 aliphatic carbocycles. The number of ether oxygens (including phenoxy) is 1. The minimum absolute atomic E-state index is 0.00476. The molecule has 0 radical (unpaired) electrons. The summed E-state index contributed by atoms with van der Waals surface area (Å²) < 4.78 is 7.73. The second-order valence-electron chi connectivity index (χ2n) is 8.79. The summed E-state index contributed by atoms with van der Waals surface area (Å²) >= 11 is 0. The van der Waals surface area contributed by atoms with Gasteiger partial charge in [-0.2, -0.15) is 0 Å². The Kier molecular flexibility index (Phi) is 5.90. The van der Waals surface area contributed by atoms with Crippen molar-refractivity contribution < 1.29 is 4.74 Å². The molecule has 0 amide bonds. The zero-order valence-corrected chi connectivity index (χ0v) is 19.7. The average Bonchev–Trinajstić information content (AvgIpc) is 2.85. The molecule has 1 aliphatic heterocycles. The lowest BCUT2D eigenvalue weighted by Gasteiger charge is -2.38. The van der Waals surface area contributed by atoms with E-state index in [1.54, 1.807) is 4.57 Å². The van der Waals surface area contributed by atoms with Gasteiger partial charge >= 0.3 is 0 Å². The van der Waals surface area contributed by atoms with Gasteiger partial charge in [-0.3, -0.25) is 19.2 Å². The van der Waals surface area contributed by atoms with Gasteiger partial charge < -0.3 is 4.74 Å². The Morgan fingerprint density at radius 3 is 2.21 bits per heavy atom. The number of aryl methyl sites for hydroxylation is 2. The van der Waals surface area contributed by atoms with Gasteiger partial charge in [-0.25, -0.2) is 4.98 Å². The van der Waals surface area contributed by atoms with E-state index in [1.807, 2.05) is 68.4 Å². The van der Waals surface area contributed by atoms with E-state index in [0.29, 0.717) is 24.8 Å². The molecule has 34 heavy (non-hydrogen) atoms. The van der Waals surface area contributed by atoms with Gasteiger partial charge in [0.25, 0.3) is 5.56 Å². The number of anilines is 2. The first-order valence-corrected chi connectivity index (χ1v) is 11.4. The Morgan fingerprint density at radius 2 is 1.50 bits per heavy atom. The number of benzene rings is 3. The lowest BCUT2D eigenvalue weighted by molar-refractivity contribution is 0.190. The van der Waals surface area contributed by atoms with Crippen molar-refractivity contribution in [2.24, 2.45) is 0 Å². The molecule has 0 saturated carbocycles. The maximum absolute atomic E-state index is 13.2. The number of fused-ring (bicyclic) bond motifs is 1. The first-order valence-electron chi connectivity index (χ1n) is 11.4. The van der Waals surface area contributed by atoms with Crippen molar-refractivity contribution in [3.05, 3.63) is 112 Å². The number of rotatable bonds is 5. The molecule has 1 aromatic heterocycles. The number of hydrogen-bond acceptors (Lipinski definition) is 5. The van der Waals surface area contributed by atoms with Crippen LogP contribution in [-0.4, -0.2) is 21.1 Å². The van der Waals surface area contributed by atoms with E-state index >= 15 is 0 Å². The van der Waals surface area contributed by atoms with Gasteiger partial charge in [-0.15, -0.1) is 0 Å². The molecule has 6 nitrogen and oxygen atoms in total. The molecule has 2 heterocycles. The van der Waals surface area contributed by atoms with Crippen molar-refractivity contribution in [3.8, 4) is 11.5 Å². The predicted octanol–water partition coefficient (Wildman–Crippen LogP) is 5.53. The fourth-order valence-electron chi connectivity index (χ4n) is 4.15. The van der Waals surface area contributed by atoms with Gasteiger partial charge in [0.2, 0.25) is 5.95 Å². The van der Waals surface area contributed by atoms with E-state index in [9.17, 15) is 4.79 Å². The topological polar surface area (TPSA) is 50.6 Å². The van der Waals surface area contributed by atoms with E-state index in [-0.39, 0.29) is 5.56 Å². The van der Waals surface area contributed by atoms with Crippen molar-refractivity contribution in [1.29, 1.82) is 0 Å². The highest BCUT2D eigenvalue weighted by atomic mass is 16.5. The minimum Gasteiger partial charge on any atom is -0.457 e. The molecular weight excluding hydrogens is 424 g/mol. The second-order valence-corrected chi connectivity index (χ2v) is 8.79. The summed E-state index contributed by atoms with van der Waals surface area (Å²) in [4.78, 5) is 22.3. The SMILES string of the molecule is Cc1ccc(CN2CN(c3ccc(Oc4ccccc4)cc3)c3nc(C)c(C)c(=O)n3C2)cc1. The van der Waals surface area contributed by atoms with Crippen LogP contribution in [-0.2, 0) is 13.2 Å². The highest BCUT2D eigenvalue weighted by molar-refractivity contribution is 5.59. The first-order chi connectivity index (χ1) is 16.5. The summed E-state index contributed by atoms with van der Waals surface area (Å²) in [7, 11) is 0. The number of aromatic nitrogens is 2. The normalized spacial score (nSPS) is 13.6. The van der Waals surface area contributed by atoms with Crippen LogP contribution in [0, 0.1) is 20.8 Å².